The Kier molecular flexibility index (Phi) is 6.95. The van der Waals surface area contributed by atoms with E-state index in [1.165, 1.54) is 35.1 Å². The van der Waals surface area contributed by atoms with E-state index in [4.69, 9.17) is 0 Å². The van der Waals surface area contributed by atoms with Crippen LogP contribution in [0.5, 0.6) is 0 Å². The smallest absolute Gasteiger partial charge is 0.00981 e. The molecule has 0 bridgehead atoms. The van der Waals surface area contributed by atoms with Gasteiger partial charge in [0.05, 0.1) is 0 Å². The summed E-state index contributed by atoms with van der Waals surface area (Å²) in [4.78, 5) is 0. The third-order valence-electron chi connectivity index (χ3n) is 4.49. The summed E-state index contributed by atoms with van der Waals surface area (Å²) in [5.41, 5.74) is 6.05. The maximum absolute atomic E-state index is 2.37. The molecule has 0 amide bonds. The lowest BCUT2D eigenvalue weighted by Gasteiger charge is -2.32. The minimum atomic E-state index is 0.302. The molecule has 1 aliphatic rings. The average molecular weight is 284 g/mol. The molecule has 21 heavy (non-hydrogen) atoms. The lowest BCUT2D eigenvalue weighted by Crippen LogP contribution is -2.18. The van der Waals surface area contributed by atoms with Crippen molar-refractivity contribution in [1.29, 1.82) is 0 Å². The number of rotatable bonds is 5. The predicted molar refractivity (Wildman–Crippen MR) is 96.4 cm³/mol. The molecule has 0 spiro atoms. The number of hydrogen-bond acceptors (Lipinski definition) is 0. The van der Waals surface area contributed by atoms with Crippen molar-refractivity contribution in [3.05, 3.63) is 58.7 Å². The first kappa shape index (κ1) is 17.8. The van der Waals surface area contributed by atoms with Crippen molar-refractivity contribution in [3.63, 3.8) is 0 Å². The summed E-state index contributed by atoms with van der Waals surface area (Å²) in [6.45, 7) is 13.6. The molecule has 0 fully saturated rings. The second kappa shape index (κ2) is 8.22. The van der Waals surface area contributed by atoms with Gasteiger partial charge in [0.2, 0.25) is 0 Å². The fraction of sp³-hybridized carbons (Fsp3) is 0.524. The molecule has 0 aromatic carbocycles. The quantitative estimate of drug-likeness (QED) is 0.480. The van der Waals surface area contributed by atoms with Gasteiger partial charge in [0, 0.05) is 0 Å². The summed E-state index contributed by atoms with van der Waals surface area (Å²) in [6.07, 6.45) is 18.3. The van der Waals surface area contributed by atoms with Gasteiger partial charge in [-0.25, -0.2) is 0 Å². The molecule has 0 unspecified atom stereocenters. The largest absolute Gasteiger partial charge is 0.0813 e. The Hall–Kier alpha value is -1.30. The van der Waals surface area contributed by atoms with Crippen LogP contribution in [-0.4, -0.2) is 0 Å². The van der Waals surface area contributed by atoms with Crippen molar-refractivity contribution >= 4 is 0 Å². The van der Waals surface area contributed by atoms with Crippen molar-refractivity contribution in [3.8, 4) is 0 Å². The molecule has 0 aliphatic heterocycles. The lowest BCUT2D eigenvalue weighted by atomic mass is 9.73. The van der Waals surface area contributed by atoms with E-state index < -0.39 is 0 Å². The molecular formula is C21H32. The Morgan fingerprint density at radius 1 is 1.19 bits per heavy atom. The van der Waals surface area contributed by atoms with Crippen LogP contribution in [-0.2, 0) is 0 Å². The van der Waals surface area contributed by atoms with Gasteiger partial charge in [0.1, 0.15) is 0 Å². The van der Waals surface area contributed by atoms with Crippen LogP contribution in [0.25, 0.3) is 0 Å². The zero-order chi connectivity index (χ0) is 15.9. The first-order valence-electron chi connectivity index (χ1n) is 8.33. The molecule has 0 saturated carbocycles. The zero-order valence-corrected chi connectivity index (χ0v) is 14.8. The van der Waals surface area contributed by atoms with Gasteiger partial charge in [-0.1, -0.05) is 75.3 Å². The first-order valence-corrected chi connectivity index (χ1v) is 8.33. The molecule has 0 atom stereocenters. The second-order valence-corrected chi connectivity index (χ2v) is 6.71. The number of hydrogen-bond donors (Lipinski definition) is 0. The highest BCUT2D eigenvalue weighted by atomic mass is 14.3. The number of allylic oxidation sites excluding steroid dienone is 10. The first-order chi connectivity index (χ1) is 9.90. The van der Waals surface area contributed by atoms with E-state index in [0.29, 0.717) is 5.41 Å². The summed E-state index contributed by atoms with van der Waals surface area (Å²) in [6, 6.07) is 0. The topological polar surface area (TPSA) is 0 Å². The van der Waals surface area contributed by atoms with Crippen molar-refractivity contribution in [2.24, 2.45) is 5.41 Å². The maximum Gasteiger partial charge on any atom is -0.00981 e. The Morgan fingerprint density at radius 2 is 1.90 bits per heavy atom. The van der Waals surface area contributed by atoms with E-state index in [1.54, 1.807) is 0 Å². The zero-order valence-electron chi connectivity index (χ0n) is 14.8. The van der Waals surface area contributed by atoms with Crippen LogP contribution in [0, 0.1) is 5.41 Å². The normalized spacial score (nSPS) is 22.0. The summed E-state index contributed by atoms with van der Waals surface area (Å²) in [5.74, 6) is 0. The molecule has 0 aromatic rings. The SMILES string of the molecule is CC/C(C)=C/C=C/C(=C/C=C1/C(C)=CCCC1(C)C)CC. The van der Waals surface area contributed by atoms with Crippen molar-refractivity contribution in [2.45, 2.75) is 67.2 Å². The van der Waals surface area contributed by atoms with E-state index in [-0.39, 0.29) is 0 Å². The summed E-state index contributed by atoms with van der Waals surface area (Å²) < 4.78 is 0. The van der Waals surface area contributed by atoms with Gasteiger partial charge in [0.15, 0.2) is 0 Å². The van der Waals surface area contributed by atoms with Crippen molar-refractivity contribution in [2.75, 3.05) is 0 Å². The van der Waals surface area contributed by atoms with E-state index >= 15 is 0 Å². The minimum absolute atomic E-state index is 0.302. The fourth-order valence-electron chi connectivity index (χ4n) is 2.72. The van der Waals surface area contributed by atoms with Crippen LogP contribution in [0.15, 0.2) is 58.7 Å². The van der Waals surface area contributed by atoms with Gasteiger partial charge < -0.3 is 0 Å². The fourth-order valence-corrected chi connectivity index (χ4v) is 2.72. The van der Waals surface area contributed by atoms with Gasteiger partial charge >= 0.3 is 0 Å². The molecular weight excluding hydrogens is 252 g/mol. The average Bonchev–Trinajstić information content (AvgIpc) is 2.43. The molecule has 0 N–H and O–H groups in total. The van der Waals surface area contributed by atoms with Crippen LogP contribution in [0.4, 0.5) is 0 Å². The summed E-state index contributed by atoms with van der Waals surface area (Å²) in [7, 11) is 0. The van der Waals surface area contributed by atoms with Crippen LogP contribution >= 0.6 is 0 Å². The molecule has 1 rings (SSSR count). The third kappa shape index (κ3) is 5.53. The van der Waals surface area contributed by atoms with Crippen LogP contribution in [0.1, 0.15) is 67.2 Å². The highest BCUT2D eigenvalue weighted by molar-refractivity contribution is 5.41. The van der Waals surface area contributed by atoms with E-state index in [2.05, 4.69) is 78.0 Å². The molecule has 0 aromatic heterocycles. The molecule has 0 heteroatoms. The molecule has 0 radical (unpaired) electrons. The van der Waals surface area contributed by atoms with Gasteiger partial charge in [-0.15, -0.1) is 0 Å². The molecule has 0 nitrogen and oxygen atoms in total. The molecule has 116 valence electrons. The van der Waals surface area contributed by atoms with Crippen LogP contribution in [0.2, 0.25) is 0 Å². The molecule has 1 aliphatic carbocycles. The monoisotopic (exact) mass is 284 g/mol. The molecule has 0 saturated heterocycles. The highest BCUT2D eigenvalue weighted by Crippen LogP contribution is 2.40. The van der Waals surface area contributed by atoms with Gasteiger partial charge in [-0.2, -0.15) is 0 Å². The van der Waals surface area contributed by atoms with Gasteiger partial charge in [-0.3, -0.25) is 0 Å². The highest BCUT2D eigenvalue weighted by Gasteiger charge is 2.26. The van der Waals surface area contributed by atoms with Crippen molar-refractivity contribution in [1.82, 2.24) is 0 Å². The van der Waals surface area contributed by atoms with Crippen LogP contribution < -0.4 is 0 Å². The van der Waals surface area contributed by atoms with Gasteiger partial charge in [-0.05, 0) is 56.1 Å². The van der Waals surface area contributed by atoms with Crippen LogP contribution in [0.3, 0.4) is 0 Å². The lowest BCUT2D eigenvalue weighted by molar-refractivity contribution is 0.404. The minimum Gasteiger partial charge on any atom is -0.0813 e. The molecule has 0 heterocycles. The Morgan fingerprint density at radius 3 is 2.48 bits per heavy atom. The van der Waals surface area contributed by atoms with Gasteiger partial charge in [0.25, 0.3) is 0 Å². The Balaban J connectivity index is 2.95. The van der Waals surface area contributed by atoms with E-state index in [1.807, 2.05) is 0 Å². The standard InChI is InChI=1S/C21H32/c1-7-17(3)11-9-13-19(8-2)14-15-20-18(4)12-10-16-21(20,5)6/h9,11-15H,7-8,10,16H2,1-6H3/b13-9+,17-11+,19-14+,20-15-. The third-order valence-corrected chi connectivity index (χ3v) is 4.49. The van der Waals surface area contributed by atoms with E-state index in [0.717, 1.165) is 12.8 Å². The Labute approximate surface area is 132 Å². The predicted octanol–water partition coefficient (Wildman–Crippen LogP) is 6.93. The Bertz CT molecular complexity index is 490. The van der Waals surface area contributed by atoms with Crippen molar-refractivity contribution < 1.29 is 0 Å². The summed E-state index contributed by atoms with van der Waals surface area (Å²) in [5, 5.41) is 0. The van der Waals surface area contributed by atoms with E-state index in [9.17, 15) is 0 Å². The second-order valence-electron chi connectivity index (χ2n) is 6.71. The maximum atomic E-state index is 2.37. The summed E-state index contributed by atoms with van der Waals surface area (Å²) >= 11 is 0.